The zero-order chi connectivity index (χ0) is 13.9. The van der Waals surface area contributed by atoms with Gasteiger partial charge in [-0.1, -0.05) is 30.3 Å². The highest BCUT2D eigenvalue weighted by Crippen LogP contribution is 2.27. The summed E-state index contributed by atoms with van der Waals surface area (Å²) in [6.45, 7) is 0.485. The molecule has 3 rings (SSSR count). The average Bonchev–Trinajstić information content (AvgIpc) is 2.48. The van der Waals surface area contributed by atoms with E-state index in [1.54, 1.807) is 18.2 Å². The Kier molecular flexibility index (Phi) is 3.25. The van der Waals surface area contributed by atoms with Crippen LogP contribution in [0.2, 0.25) is 0 Å². The maximum Gasteiger partial charge on any atom is 0.123 e. The van der Waals surface area contributed by atoms with Gasteiger partial charge in [-0.05, 0) is 41.1 Å². The Bertz CT molecular complexity index is 738. The maximum atomic E-state index is 12.9. The van der Waals surface area contributed by atoms with Gasteiger partial charge in [0.2, 0.25) is 0 Å². The van der Waals surface area contributed by atoms with Crippen LogP contribution in [0.1, 0.15) is 5.56 Å². The van der Waals surface area contributed by atoms with E-state index >= 15 is 0 Å². The number of aromatic hydroxyl groups is 1. The predicted octanol–water partition coefficient (Wildman–Crippen LogP) is 4.30. The van der Waals surface area contributed by atoms with E-state index in [0.717, 1.165) is 22.0 Å². The summed E-state index contributed by atoms with van der Waals surface area (Å²) in [6, 6.07) is 17.7. The van der Waals surface area contributed by atoms with Gasteiger partial charge in [0.25, 0.3) is 0 Å². The van der Waals surface area contributed by atoms with Gasteiger partial charge in [0.1, 0.15) is 11.6 Å². The van der Waals surface area contributed by atoms with Gasteiger partial charge in [0.05, 0.1) is 0 Å². The lowest BCUT2D eigenvalue weighted by Gasteiger charge is -2.11. The van der Waals surface area contributed by atoms with Crippen LogP contribution in [0.4, 0.5) is 10.1 Å². The molecule has 100 valence electrons. The second kappa shape index (κ2) is 5.21. The summed E-state index contributed by atoms with van der Waals surface area (Å²) in [5, 5.41) is 15.3. The third kappa shape index (κ3) is 2.43. The van der Waals surface area contributed by atoms with Crippen LogP contribution >= 0.6 is 0 Å². The minimum Gasteiger partial charge on any atom is -0.508 e. The number of hydrogen-bond acceptors (Lipinski definition) is 2. The van der Waals surface area contributed by atoms with E-state index in [0.29, 0.717) is 6.54 Å². The quantitative estimate of drug-likeness (QED) is 0.741. The fourth-order valence-electron chi connectivity index (χ4n) is 2.27. The van der Waals surface area contributed by atoms with Crippen molar-refractivity contribution < 1.29 is 9.50 Å². The number of benzene rings is 3. The summed E-state index contributed by atoms with van der Waals surface area (Å²) in [7, 11) is 0. The number of phenols is 1. The largest absolute Gasteiger partial charge is 0.508 e. The SMILES string of the molecule is Oc1ccc2ccccc2c1CNc1ccc(F)cc1. The average molecular weight is 267 g/mol. The van der Waals surface area contributed by atoms with Crippen LogP contribution in [0, 0.1) is 5.82 Å². The molecule has 20 heavy (non-hydrogen) atoms. The molecule has 3 aromatic carbocycles. The summed E-state index contributed by atoms with van der Waals surface area (Å²) in [6.07, 6.45) is 0. The number of fused-ring (bicyclic) bond motifs is 1. The fraction of sp³-hybridized carbons (Fsp3) is 0.0588. The van der Waals surface area contributed by atoms with Crippen molar-refractivity contribution in [2.75, 3.05) is 5.32 Å². The molecule has 0 amide bonds. The molecule has 0 atom stereocenters. The van der Waals surface area contributed by atoms with E-state index in [1.165, 1.54) is 12.1 Å². The number of halogens is 1. The Morgan fingerprint density at radius 1 is 0.900 bits per heavy atom. The highest BCUT2D eigenvalue weighted by atomic mass is 19.1. The lowest BCUT2D eigenvalue weighted by Crippen LogP contribution is -2.00. The van der Waals surface area contributed by atoms with Gasteiger partial charge in [-0.25, -0.2) is 4.39 Å². The number of anilines is 1. The van der Waals surface area contributed by atoms with E-state index in [9.17, 15) is 9.50 Å². The van der Waals surface area contributed by atoms with Crippen molar-refractivity contribution in [3.8, 4) is 5.75 Å². The zero-order valence-electron chi connectivity index (χ0n) is 10.8. The Morgan fingerprint density at radius 3 is 2.45 bits per heavy atom. The van der Waals surface area contributed by atoms with Gasteiger partial charge >= 0.3 is 0 Å². The number of rotatable bonds is 3. The number of nitrogens with one attached hydrogen (secondary N) is 1. The van der Waals surface area contributed by atoms with E-state index in [4.69, 9.17) is 0 Å². The highest BCUT2D eigenvalue weighted by molar-refractivity contribution is 5.87. The Balaban J connectivity index is 1.90. The van der Waals surface area contributed by atoms with E-state index in [-0.39, 0.29) is 11.6 Å². The molecule has 0 aliphatic carbocycles. The Hall–Kier alpha value is -2.55. The molecule has 0 saturated carbocycles. The normalized spacial score (nSPS) is 10.7. The molecule has 0 spiro atoms. The van der Waals surface area contributed by atoms with Crippen molar-refractivity contribution >= 4 is 16.5 Å². The molecule has 0 aliphatic heterocycles. The van der Waals surface area contributed by atoms with Crippen LogP contribution in [0.3, 0.4) is 0 Å². The standard InChI is InChI=1S/C17H14FNO/c18-13-6-8-14(9-7-13)19-11-16-15-4-2-1-3-12(15)5-10-17(16)20/h1-10,19-20H,11H2. The van der Waals surface area contributed by atoms with Gasteiger partial charge in [-0.2, -0.15) is 0 Å². The Labute approximate surface area is 116 Å². The summed E-state index contributed by atoms with van der Waals surface area (Å²) < 4.78 is 12.9. The van der Waals surface area contributed by atoms with Crippen LogP contribution in [0.25, 0.3) is 10.8 Å². The van der Waals surface area contributed by atoms with Crippen molar-refractivity contribution in [1.82, 2.24) is 0 Å². The number of hydrogen-bond donors (Lipinski definition) is 2. The molecule has 0 radical (unpaired) electrons. The second-order valence-electron chi connectivity index (χ2n) is 4.64. The van der Waals surface area contributed by atoms with E-state index in [1.807, 2.05) is 30.3 Å². The van der Waals surface area contributed by atoms with Crippen molar-refractivity contribution in [2.24, 2.45) is 0 Å². The molecule has 0 aliphatic rings. The molecule has 2 nitrogen and oxygen atoms in total. The molecule has 0 fully saturated rings. The van der Waals surface area contributed by atoms with Gasteiger partial charge in [-0.15, -0.1) is 0 Å². The summed E-state index contributed by atoms with van der Waals surface area (Å²) in [4.78, 5) is 0. The maximum absolute atomic E-state index is 12.9. The molecule has 0 heterocycles. The number of phenolic OH excluding ortho intramolecular Hbond substituents is 1. The summed E-state index contributed by atoms with van der Waals surface area (Å²) >= 11 is 0. The third-order valence-corrected chi connectivity index (χ3v) is 3.33. The predicted molar refractivity (Wildman–Crippen MR) is 79.3 cm³/mol. The van der Waals surface area contributed by atoms with E-state index < -0.39 is 0 Å². The minimum atomic E-state index is -0.261. The fourth-order valence-corrected chi connectivity index (χ4v) is 2.27. The molecule has 2 N–H and O–H groups in total. The Morgan fingerprint density at radius 2 is 1.65 bits per heavy atom. The van der Waals surface area contributed by atoms with Crippen LogP contribution in [0.5, 0.6) is 5.75 Å². The molecule has 0 unspecified atom stereocenters. The lowest BCUT2D eigenvalue weighted by atomic mass is 10.0. The molecule has 0 bridgehead atoms. The highest BCUT2D eigenvalue weighted by Gasteiger charge is 2.06. The van der Waals surface area contributed by atoms with Crippen molar-refractivity contribution in [3.63, 3.8) is 0 Å². The van der Waals surface area contributed by atoms with Gasteiger partial charge < -0.3 is 10.4 Å². The first kappa shape index (κ1) is 12.5. The van der Waals surface area contributed by atoms with Crippen LogP contribution in [-0.2, 0) is 6.54 Å². The molecule has 0 aromatic heterocycles. The second-order valence-corrected chi connectivity index (χ2v) is 4.64. The molecular formula is C17H14FNO. The zero-order valence-corrected chi connectivity index (χ0v) is 10.8. The van der Waals surface area contributed by atoms with Crippen LogP contribution < -0.4 is 5.32 Å². The smallest absolute Gasteiger partial charge is 0.123 e. The first-order chi connectivity index (χ1) is 9.74. The van der Waals surface area contributed by atoms with Crippen molar-refractivity contribution in [3.05, 3.63) is 72.0 Å². The van der Waals surface area contributed by atoms with Crippen molar-refractivity contribution in [1.29, 1.82) is 0 Å². The first-order valence-corrected chi connectivity index (χ1v) is 6.43. The minimum absolute atomic E-state index is 0.261. The summed E-state index contributed by atoms with van der Waals surface area (Å²) in [5.41, 5.74) is 1.66. The topological polar surface area (TPSA) is 32.3 Å². The third-order valence-electron chi connectivity index (χ3n) is 3.33. The first-order valence-electron chi connectivity index (χ1n) is 6.43. The van der Waals surface area contributed by atoms with Crippen LogP contribution in [-0.4, -0.2) is 5.11 Å². The molecule has 3 heteroatoms. The molecular weight excluding hydrogens is 253 g/mol. The van der Waals surface area contributed by atoms with Gasteiger partial charge in [0.15, 0.2) is 0 Å². The van der Waals surface area contributed by atoms with Gasteiger partial charge in [-0.3, -0.25) is 0 Å². The molecule has 3 aromatic rings. The van der Waals surface area contributed by atoms with Gasteiger partial charge in [0, 0.05) is 17.8 Å². The summed E-state index contributed by atoms with van der Waals surface area (Å²) in [5.74, 6) is 0.00173. The van der Waals surface area contributed by atoms with Crippen LogP contribution in [0.15, 0.2) is 60.7 Å². The van der Waals surface area contributed by atoms with Crippen molar-refractivity contribution in [2.45, 2.75) is 6.54 Å². The molecule has 0 saturated heterocycles. The monoisotopic (exact) mass is 267 g/mol. The van der Waals surface area contributed by atoms with E-state index in [2.05, 4.69) is 5.32 Å². The lowest BCUT2D eigenvalue weighted by molar-refractivity contribution is 0.470.